The Morgan fingerprint density at radius 1 is 1.30 bits per heavy atom. The number of allylic oxidation sites excluding steroid dienone is 1. The van der Waals surface area contributed by atoms with Crippen molar-refractivity contribution < 1.29 is 13.2 Å². The van der Waals surface area contributed by atoms with Crippen molar-refractivity contribution in [1.29, 1.82) is 0 Å². The van der Waals surface area contributed by atoms with Gasteiger partial charge in [-0.05, 0) is 60.8 Å². The standard InChI is InChI=1S/C20H23F3N2S2/c1-3-14-8-9-15(11-14)10-13(2)17-12-26-19(24-17)25-27-18-7-5-4-6-16(18)20(21,22)23/h4-7,12,14-15H,2-3,8-11H2,1H3,(H,24,25). The van der Waals surface area contributed by atoms with Crippen LogP contribution in [-0.4, -0.2) is 4.98 Å². The Morgan fingerprint density at radius 2 is 2.04 bits per heavy atom. The number of hydrogen-bond donors (Lipinski definition) is 1. The molecule has 146 valence electrons. The average Bonchev–Trinajstić information content (AvgIpc) is 3.28. The van der Waals surface area contributed by atoms with Crippen molar-refractivity contribution in [1.82, 2.24) is 4.98 Å². The summed E-state index contributed by atoms with van der Waals surface area (Å²) in [6.07, 6.45) is 1.62. The van der Waals surface area contributed by atoms with Gasteiger partial charge >= 0.3 is 6.18 Å². The van der Waals surface area contributed by atoms with E-state index in [0.29, 0.717) is 11.0 Å². The fourth-order valence-electron chi connectivity index (χ4n) is 3.56. The molecular weight excluding hydrogens is 389 g/mol. The lowest BCUT2D eigenvalue weighted by molar-refractivity contribution is -0.139. The second-order valence-electron chi connectivity index (χ2n) is 7.00. The van der Waals surface area contributed by atoms with Crippen LogP contribution in [-0.2, 0) is 6.18 Å². The molecule has 0 aliphatic heterocycles. The van der Waals surface area contributed by atoms with E-state index in [2.05, 4.69) is 23.2 Å². The smallest absolute Gasteiger partial charge is 0.301 e. The molecule has 2 aromatic rings. The van der Waals surface area contributed by atoms with E-state index in [4.69, 9.17) is 0 Å². The van der Waals surface area contributed by atoms with Gasteiger partial charge in [0.05, 0.1) is 11.3 Å². The molecule has 1 aromatic carbocycles. The zero-order valence-electron chi connectivity index (χ0n) is 15.2. The summed E-state index contributed by atoms with van der Waals surface area (Å²) in [5.74, 6) is 1.51. The lowest BCUT2D eigenvalue weighted by Gasteiger charge is -2.12. The van der Waals surface area contributed by atoms with Crippen LogP contribution in [0.15, 0.2) is 41.1 Å². The van der Waals surface area contributed by atoms with E-state index in [9.17, 15) is 13.2 Å². The summed E-state index contributed by atoms with van der Waals surface area (Å²) in [5.41, 5.74) is 1.21. The first-order chi connectivity index (χ1) is 12.9. The van der Waals surface area contributed by atoms with Gasteiger partial charge in [-0.15, -0.1) is 11.3 Å². The molecule has 0 bridgehead atoms. The highest BCUT2D eigenvalue weighted by atomic mass is 32.2. The van der Waals surface area contributed by atoms with Crippen molar-refractivity contribution in [3.8, 4) is 0 Å². The first-order valence-electron chi connectivity index (χ1n) is 9.09. The Hall–Kier alpha value is -1.47. The molecule has 1 heterocycles. The summed E-state index contributed by atoms with van der Waals surface area (Å²) >= 11 is 2.32. The minimum Gasteiger partial charge on any atom is -0.301 e. The number of thiazole rings is 1. The normalized spacial score (nSPS) is 20.0. The first-order valence-corrected chi connectivity index (χ1v) is 10.8. The Kier molecular flexibility index (Phi) is 6.52. The molecule has 0 spiro atoms. The van der Waals surface area contributed by atoms with Crippen LogP contribution in [0.4, 0.5) is 18.3 Å². The van der Waals surface area contributed by atoms with Crippen molar-refractivity contribution in [2.75, 3.05) is 4.72 Å². The average molecular weight is 413 g/mol. The van der Waals surface area contributed by atoms with Crippen molar-refractivity contribution in [3.63, 3.8) is 0 Å². The van der Waals surface area contributed by atoms with E-state index < -0.39 is 11.7 Å². The maximum atomic E-state index is 13.1. The molecule has 3 rings (SSSR count). The molecule has 1 aliphatic rings. The molecule has 0 radical (unpaired) electrons. The Labute approximate surface area is 166 Å². The summed E-state index contributed by atoms with van der Waals surface area (Å²) in [5, 5.41) is 2.51. The van der Waals surface area contributed by atoms with Gasteiger partial charge in [0.15, 0.2) is 5.13 Å². The maximum Gasteiger partial charge on any atom is 0.417 e. The fraction of sp³-hybridized carbons (Fsp3) is 0.450. The largest absolute Gasteiger partial charge is 0.417 e. The van der Waals surface area contributed by atoms with Gasteiger partial charge in [-0.3, -0.25) is 0 Å². The van der Waals surface area contributed by atoms with Gasteiger partial charge in [-0.25, -0.2) is 4.98 Å². The van der Waals surface area contributed by atoms with Crippen molar-refractivity contribution in [2.24, 2.45) is 11.8 Å². The fourth-order valence-corrected chi connectivity index (χ4v) is 5.15. The van der Waals surface area contributed by atoms with Crippen LogP contribution in [0.25, 0.3) is 5.57 Å². The van der Waals surface area contributed by atoms with E-state index in [-0.39, 0.29) is 4.90 Å². The third kappa shape index (κ3) is 5.29. The molecule has 1 aromatic heterocycles. The number of aromatic nitrogens is 1. The molecule has 2 atom stereocenters. The van der Waals surface area contributed by atoms with Crippen molar-refractivity contribution in [2.45, 2.75) is 50.1 Å². The summed E-state index contributed by atoms with van der Waals surface area (Å²) in [6.45, 7) is 6.42. The molecule has 1 aliphatic carbocycles. The molecule has 2 nitrogen and oxygen atoms in total. The third-order valence-corrected chi connectivity index (χ3v) is 6.83. The quantitative estimate of drug-likeness (QED) is 0.476. The van der Waals surface area contributed by atoms with Gasteiger partial charge in [0.25, 0.3) is 0 Å². The molecule has 1 N–H and O–H groups in total. The van der Waals surface area contributed by atoms with Crippen LogP contribution in [0.3, 0.4) is 0 Å². The van der Waals surface area contributed by atoms with E-state index in [1.54, 1.807) is 6.07 Å². The highest BCUT2D eigenvalue weighted by Crippen LogP contribution is 2.39. The predicted molar refractivity (Wildman–Crippen MR) is 108 cm³/mol. The Morgan fingerprint density at radius 3 is 2.74 bits per heavy atom. The van der Waals surface area contributed by atoms with Gasteiger partial charge in [-0.1, -0.05) is 38.5 Å². The second-order valence-corrected chi connectivity index (χ2v) is 8.70. The monoisotopic (exact) mass is 412 g/mol. The lowest BCUT2D eigenvalue weighted by Crippen LogP contribution is -2.07. The number of hydrogen-bond acceptors (Lipinski definition) is 4. The summed E-state index contributed by atoms with van der Waals surface area (Å²) in [4.78, 5) is 4.64. The van der Waals surface area contributed by atoms with Crippen LogP contribution >= 0.6 is 23.3 Å². The number of nitrogens with one attached hydrogen (secondary N) is 1. The van der Waals surface area contributed by atoms with E-state index in [1.807, 2.05) is 5.38 Å². The van der Waals surface area contributed by atoms with Gasteiger partial charge < -0.3 is 4.72 Å². The maximum absolute atomic E-state index is 13.1. The topological polar surface area (TPSA) is 24.9 Å². The number of rotatable bonds is 7. The molecule has 2 unspecified atom stereocenters. The van der Waals surface area contributed by atoms with E-state index in [1.165, 1.54) is 49.2 Å². The van der Waals surface area contributed by atoms with Crippen molar-refractivity contribution in [3.05, 3.63) is 47.5 Å². The number of anilines is 1. The predicted octanol–water partition coefficient (Wildman–Crippen LogP) is 7.51. The van der Waals surface area contributed by atoms with E-state index in [0.717, 1.165) is 41.6 Å². The number of nitrogens with zero attached hydrogens (tertiary/aromatic N) is 1. The highest BCUT2D eigenvalue weighted by molar-refractivity contribution is 8.00. The third-order valence-electron chi connectivity index (χ3n) is 5.07. The van der Waals surface area contributed by atoms with Crippen molar-refractivity contribution >= 4 is 34.0 Å². The van der Waals surface area contributed by atoms with Gasteiger partial charge in [0.1, 0.15) is 0 Å². The summed E-state index contributed by atoms with van der Waals surface area (Å²) in [6, 6.07) is 5.53. The second kappa shape index (κ2) is 8.69. The van der Waals surface area contributed by atoms with Crippen LogP contribution in [0.5, 0.6) is 0 Å². The van der Waals surface area contributed by atoms with Gasteiger partial charge in [0, 0.05) is 10.3 Å². The number of alkyl halides is 3. The van der Waals surface area contributed by atoms with Gasteiger partial charge in [-0.2, -0.15) is 13.2 Å². The molecule has 0 saturated heterocycles. The zero-order chi connectivity index (χ0) is 19.4. The summed E-state index contributed by atoms with van der Waals surface area (Å²) in [7, 11) is 0. The highest BCUT2D eigenvalue weighted by Gasteiger charge is 2.33. The van der Waals surface area contributed by atoms with E-state index >= 15 is 0 Å². The SMILES string of the molecule is C=C(CC1CCC(CC)C1)c1csc(NSc2ccccc2C(F)(F)F)n1. The van der Waals surface area contributed by atoms with Crippen LogP contribution in [0.1, 0.15) is 50.3 Å². The molecule has 27 heavy (non-hydrogen) atoms. The lowest BCUT2D eigenvalue weighted by atomic mass is 9.95. The summed E-state index contributed by atoms with van der Waals surface area (Å²) < 4.78 is 42.1. The minimum atomic E-state index is -4.37. The molecule has 0 amide bonds. The molecule has 1 fully saturated rings. The van der Waals surface area contributed by atoms with Gasteiger partial charge in [0.2, 0.25) is 0 Å². The molecule has 1 saturated carbocycles. The van der Waals surface area contributed by atoms with Crippen LogP contribution in [0, 0.1) is 11.8 Å². The minimum absolute atomic E-state index is 0.136. The molecule has 7 heteroatoms. The Balaban J connectivity index is 1.58. The zero-order valence-corrected chi connectivity index (χ0v) is 16.8. The van der Waals surface area contributed by atoms with Crippen LogP contribution in [0.2, 0.25) is 0 Å². The Bertz CT molecular complexity index is 786. The first kappa shape index (κ1) is 20.3. The number of halogens is 3. The van der Waals surface area contributed by atoms with Crippen LogP contribution < -0.4 is 4.72 Å². The molecular formula is C20H23F3N2S2. The number of benzene rings is 1.